The van der Waals surface area contributed by atoms with Gasteiger partial charge in [0, 0.05) is 18.4 Å². The molecule has 0 bridgehead atoms. The highest BCUT2D eigenvalue weighted by molar-refractivity contribution is 6.17. The van der Waals surface area contributed by atoms with E-state index in [0.717, 1.165) is 12.1 Å². The fraction of sp³-hybridized carbons (Fsp3) is 0.261. The first kappa shape index (κ1) is 22.8. The van der Waals surface area contributed by atoms with Gasteiger partial charge in [-0.25, -0.2) is 18.2 Å². The van der Waals surface area contributed by atoms with Crippen LogP contribution in [0.1, 0.15) is 36.1 Å². The third-order valence-electron chi connectivity index (χ3n) is 5.11. The monoisotopic (exact) mass is 477 g/mol. The van der Waals surface area contributed by atoms with Crippen LogP contribution in [0.3, 0.4) is 0 Å². The summed E-state index contributed by atoms with van der Waals surface area (Å²) in [5.74, 6) is -2.56. The number of hydrogen-bond donors (Lipinski definition) is 0. The predicted octanol–water partition coefficient (Wildman–Crippen LogP) is 6.28. The molecule has 0 aliphatic rings. The lowest BCUT2D eigenvalue weighted by Crippen LogP contribution is -2.05. The normalized spacial score (nSPS) is 12.2. The lowest BCUT2D eigenvalue weighted by atomic mass is 9.94. The molecule has 0 aliphatic carbocycles. The van der Waals surface area contributed by atoms with Gasteiger partial charge >= 0.3 is 0 Å². The minimum Gasteiger partial charge on any atom is -0.496 e. The summed E-state index contributed by atoms with van der Waals surface area (Å²) in [6.45, 7) is 1.74. The SMILES string of the molecule is COc1cc(-c2nnc(C(CCCCl)c3cc(F)c(F)c(F)c3)o2)ccc1-c1cnc(C)o1. The van der Waals surface area contributed by atoms with Gasteiger partial charge in [0.05, 0.1) is 24.8 Å². The summed E-state index contributed by atoms with van der Waals surface area (Å²) >= 11 is 5.81. The molecule has 2 aromatic carbocycles. The number of rotatable bonds is 8. The van der Waals surface area contributed by atoms with Crippen LogP contribution >= 0.6 is 11.6 Å². The minimum atomic E-state index is -1.53. The Balaban J connectivity index is 1.69. The Hall–Kier alpha value is -3.33. The summed E-state index contributed by atoms with van der Waals surface area (Å²) < 4.78 is 58.0. The van der Waals surface area contributed by atoms with Crippen molar-refractivity contribution in [3.05, 3.63) is 71.3 Å². The van der Waals surface area contributed by atoms with Gasteiger partial charge < -0.3 is 13.6 Å². The number of aromatic nitrogens is 3. The molecule has 0 spiro atoms. The molecule has 0 amide bonds. The molecule has 172 valence electrons. The fourth-order valence-electron chi connectivity index (χ4n) is 3.50. The van der Waals surface area contributed by atoms with Crippen LogP contribution in [0.4, 0.5) is 13.2 Å². The number of oxazole rings is 1. The number of methoxy groups -OCH3 is 1. The quantitative estimate of drug-likeness (QED) is 0.220. The summed E-state index contributed by atoms with van der Waals surface area (Å²) in [6, 6.07) is 7.08. The smallest absolute Gasteiger partial charge is 0.247 e. The van der Waals surface area contributed by atoms with E-state index in [1.54, 1.807) is 31.3 Å². The molecule has 0 saturated heterocycles. The molecule has 0 fully saturated rings. The van der Waals surface area contributed by atoms with Crippen molar-refractivity contribution < 1.29 is 26.7 Å². The van der Waals surface area contributed by atoms with Crippen molar-refractivity contribution >= 4 is 11.6 Å². The van der Waals surface area contributed by atoms with E-state index in [9.17, 15) is 13.2 Å². The maximum Gasteiger partial charge on any atom is 0.247 e. The minimum absolute atomic E-state index is 0.134. The van der Waals surface area contributed by atoms with E-state index in [0.29, 0.717) is 47.2 Å². The van der Waals surface area contributed by atoms with Crippen molar-refractivity contribution in [2.24, 2.45) is 0 Å². The second-order valence-electron chi connectivity index (χ2n) is 7.29. The first-order chi connectivity index (χ1) is 15.9. The second-order valence-corrected chi connectivity index (χ2v) is 7.66. The van der Waals surface area contributed by atoms with E-state index < -0.39 is 23.4 Å². The number of benzene rings is 2. The van der Waals surface area contributed by atoms with Crippen LogP contribution < -0.4 is 4.74 Å². The molecule has 0 saturated carbocycles. The average molecular weight is 478 g/mol. The summed E-state index contributed by atoms with van der Waals surface area (Å²) in [5.41, 5.74) is 1.44. The summed E-state index contributed by atoms with van der Waals surface area (Å²) in [4.78, 5) is 4.09. The highest BCUT2D eigenvalue weighted by atomic mass is 35.5. The van der Waals surface area contributed by atoms with Gasteiger partial charge in [0.15, 0.2) is 29.1 Å². The molecule has 2 heterocycles. The maximum atomic E-state index is 13.8. The first-order valence-corrected chi connectivity index (χ1v) is 10.6. The maximum absolute atomic E-state index is 13.8. The Labute approximate surface area is 192 Å². The van der Waals surface area contributed by atoms with Crippen molar-refractivity contribution in [3.63, 3.8) is 0 Å². The van der Waals surface area contributed by atoms with Gasteiger partial charge in [-0.2, -0.15) is 0 Å². The van der Waals surface area contributed by atoms with Gasteiger partial charge in [-0.05, 0) is 48.7 Å². The molecule has 1 unspecified atom stereocenters. The van der Waals surface area contributed by atoms with E-state index in [-0.39, 0.29) is 17.3 Å². The van der Waals surface area contributed by atoms with Crippen molar-refractivity contribution in [1.29, 1.82) is 0 Å². The van der Waals surface area contributed by atoms with Crippen LogP contribution in [0.25, 0.3) is 22.8 Å². The Morgan fingerprint density at radius 1 is 1.06 bits per heavy atom. The summed E-state index contributed by atoms with van der Waals surface area (Å²) in [7, 11) is 1.52. The van der Waals surface area contributed by atoms with Crippen molar-refractivity contribution in [2.75, 3.05) is 13.0 Å². The molecule has 1 atom stereocenters. The third-order valence-corrected chi connectivity index (χ3v) is 5.38. The molecule has 4 aromatic rings. The van der Waals surface area contributed by atoms with E-state index in [2.05, 4.69) is 15.2 Å². The highest BCUT2D eigenvalue weighted by Gasteiger charge is 2.24. The molecule has 10 heteroatoms. The molecule has 2 aromatic heterocycles. The van der Waals surface area contributed by atoms with Gasteiger partial charge in [0.25, 0.3) is 0 Å². The topological polar surface area (TPSA) is 74.2 Å². The van der Waals surface area contributed by atoms with Crippen molar-refractivity contribution in [1.82, 2.24) is 15.2 Å². The largest absolute Gasteiger partial charge is 0.496 e. The molecular formula is C23H19ClF3N3O3. The van der Waals surface area contributed by atoms with Crippen LogP contribution in [0.5, 0.6) is 5.75 Å². The Morgan fingerprint density at radius 2 is 1.82 bits per heavy atom. The molecule has 0 radical (unpaired) electrons. The number of ether oxygens (including phenoxy) is 1. The van der Waals surface area contributed by atoms with Crippen molar-refractivity contribution in [3.8, 4) is 28.5 Å². The van der Waals surface area contributed by atoms with Crippen LogP contribution in [0.15, 0.2) is 45.4 Å². The number of aryl methyl sites for hydroxylation is 1. The second kappa shape index (κ2) is 9.66. The zero-order valence-corrected chi connectivity index (χ0v) is 18.5. The first-order valence-electron chi connectivity index (χ1n) is 10.1. The number of alkyl halides is 1. The van der Waals surface area contributed by atoms with Gasteiger partial charge in [-0.3, -0.25) is 0 Å². The van der Waals surface area contributed by atoms with E-state index in [1.165, 1.54) is 7.11 Å². The van der Waals surface area contributed by atoms with Crippen molar-refractivity contribution in [2.45, 2.75) is 25.7 Å². The van der Waals surface area contributed by atoms with Crippen LogP contribution in [0.2, 0.25) is 0 Å². The Kier molecular flexibility index (Phi) is 6.69. The number of halogens is 4. The molecule has 33 heavy (non-hydrogen) atoms. The lowest BCUT2D eigenvalue weighted by Gasteiger charge is -2.13. The fourth-order valence-corrected chi connectivity index (χ4v) is 3.65. The van der Waals surface area contributed by atoms with Crippen LogP contribution in [-0.2, 0) is 0 Å². The molecule has 4 rings (SSSR count). The van der Waals surface area contributed by atoms with E-state index in [4.69, 9.17) is 25.2 Å². The predicted molar refractivity (Wildman–Crippen MR) is 115 cm³/mol. The Bertz CT molecular complexity index is 1250. The Morgan fingerprint density at radius 3 is 2.45 bits per heavy atom. The standard InChI is InChI=1S/C23H19ClF3N3O3/c1-12-28-11-20(32-12)16-6-5-13(10-19(16)31-2)22-29-30-23(33-22)15(4-3-7-24)14-8-17(25)21(27)18(26)9-14/h5-6,8-11,15H,3-4,7H2,1-2H3. The van der Waals surface area contributed by atoms with Gasteiger partial charge in [0.2, 0.25) is 11.8 Å². The molecule has 0 aliphatic heterocycles. The average Bonchev–Trinajstić information content (AvgIpc) is 3.47. The van der Waals surface area contributed by atoms with Crippen LogP contribution in [-0.4, -0.2) is 28.2 Å². The number of nitrogens with zero attached hydrogens (tertiary/aromatic N) is 3. The summed E-state index contributed by atoms with van der Waals surface area (Å²) in [6.07, 6.45) is 2.49. The number of hydrogen-bond acceptors (Lipinski definition) is 6. The van der Waals surface area contributed by atoms with E-state index >= 15 is 0 Å². The highest BCUT2D eigenvalue weighted by Crippen LogP contribution is 2.36. The van der Waals surface area contributed by atoms with Gasteiger partial charge in [0.1, 0.15) is 5.75 Å². The lowest BCUT2D eigenvalue weighted by molar-refractivity contribution is 0.414. The molecule has 6 nitrogen and oxygen atoms in total. The van der Waals surface area contributed by atoms with E-state index in [1.807, 2.05) is 0 Å². The third kappa shape index (κ3) is 4.73. The van der Waals surface area contributed by atoms with Gasteiger partial charge in [-0.1, -0.05) is 0 Å². The zero-order valence-electron chi connectivity index (χ0n) is 17.7. The molecular weight excluding hydrogens is 459 g/mol. The molecule has 0 N–H and O–H groups in total. The summed E-state index contributed by atoms with van der Waals surface area (Å²) in [5, 5.41) is 8.16. The zero-order chi connectivity index (χ0) is 23.5. The van der Waals surface area contributed by atoms with Gasteiger partial charge in [-0.15, -0.1) is 21.8 Å². The van der Waals surface area contributed by atoms with Crippen LogP contribution in [0, 0.1) is 24.4 Å².